The van der Waals surface area contributed by atoms with Crippen LogP contribution in [-0.4, -0.2) is 9.97 Å². The predicted octanol–water partition coefficient (Wildman–Crippen LogP) is 1.42. The molecule has 0 aliphatic heterocycles. The largest absolute Gasteiger partial charge is 0.455 e. The van der Waals surface area contributed by atoms with Crippen LogP contribution in [0, 0.1) is 13.8 Å². The number of aryl methyl sites for hydroxylation is 2. The van der Waals surface area contributed by atoms with Crippen LogP contribution in [0.25, 0.3) is 11.1 Å². The lowest BCUT2D eigenvalue weighted by molar-refractivity contribution is 0.575. The van der Waals surface area contributed by atoms with Crippen molar-refractivity contribution in [2.75, 3.05) is 5.73 Å². The van der Waals surface area contributed by atoms with Gasteiger partial charge in [0, 0.05) is 5.56 Å². The smallest absolute Gasteiger partial charge is 0.194 e. The number of rotatable bonds is 0. The van der Waals surface area contributed by atoms with E-state index in [0.29, 0.717) is 11.4 Å². The second kappa shape index (κ2) is 2.20. The van der Waals surface area contributed by atoms with Crippen LogP contribution in [0.1, 0.15) is 11.3 Å². The molecule has 62 valence electrons. The van der Waals surface area contributed by atoms with Gasteiger partial charge in [0.25, 0.3) is 0 Å². The molecule has 0 aliphatic carbocycles. The van der Waals surface area contributed by atoms with E-state index in [1.54, 1.807) is 0 Å². The van der Waals surface area contributed by atoms with Gasteiger partial charge in [0.05, 0.1) is 0 Å². The molecule has 0 unspecified atom stereocenters. The molecule has 2 N–H and O–H groups in total. The summed E-state index contributed by atoms with van der Waals surface area (Å²) in [5.41, 5.74) is 8.02. The number of nitrogens with zero attached hydrogens (tertiary/aromatic N) is 2. The van der Waals surface area contributed by atoms with Gasteiger partial charge in [0.1, 0.15) is 17.6 Å². The van der Waals surface area contributed by atoms with E-state index in [2.05, 4.69) is 9.97 Å². The van der Waals surface area contributed by atoms with Gasteiger partial charge in [-0.3, -0.25) is 0 Å². The van der Waals surface area contributed by atoms with Crippen molar-refractivity contribution < 1.29 is 4.42 Å². The lowest BCUT2D eigenvalue weighted by atomic mass is 10.2. The third-order valence-corrected chi connectivity index (χ3v) is 1.97. The van der Waals surface area contributed by atoms with Crippen molar-refractivity contribution in [3.8, 4) is 0 Å². The van der Waals surface area contributed by atoms with Crippen LogP contribution in [0.15, 0.2) is 10.7 Å². The van der Waals surface area contributed by atoms with Crippen molar-refractivity contribution in [1.82, 2.24) is 9.97 Å². The molecule has 0 saturated carbocycles. The molecule has 0 amide bonds. The average molecular weight is 163 g/mol. The molecule has 0 aromatic carbocycles. The molecule has 0 aliphatic rings. The maximum atomic E-state index is 5.59. The number of hydrogen-bond donors (Lipinski definition) is 1. The molecule has 2 rings (SSSR count). The zero-order valence-corrected chi connectivity index (χ0v) is 6.96. The molecule has 0 spiro atoms. The third-order valence-electron chi connectivity index (χ3n) is 1.97. The Bertz CT molecular complexity index is 433. The van der Waals surface area contributed by atoms with E-state index < -0.39 is 0 Å². The van der Waals surface area contributed by atoms with Gasteiger partial charge in [0.15, 0.2) is 11.4 Å². The number of aromatic nitrogens is 2. The Labute approximate surface area is 69.4 Å². The Balaban J connectivity index is 2.95. The first-order valence-electron chi connectivity index (χ1n) is 3.66. The van der Waals surface area contributed by atoms with Gasteiger partial charge in [0.2, 0.25) is 0 Å². The van der Waals surface area contributed by atoms with Crippen LogP contribution in [0.5, 0.6) is 0 Å². The summed E-state index contributed by atoms with van der Waals surface area (Å²) in [5.74, 6) is 1.24. The second-order valence-electron chi connectivity index (χ2n) is 2.72. The van der Waals surface area contributed by atoms with Crippen molar-refractivity contribution in [2.45, 2.75) is 13.8 Å². The van der Waals surface area contributed by atoms with E-state index in [9.17, 15) is 0 Å². The number of anilines is 1. The average Bonchev–Trinajstić information content (AvgIpc) is 2.32. The SMILES string of the molecule is Cc1oc2c(N)ncnc2c1C. The minimum absolute atomic E-state index is 0.399. The molecular formula is C8H9N3O. The maximum absolute atomic E-state index is 5.59. The van der Waals surface area contributed by atoms with Crippen molar-refractivity contribution in [2.24, 2.45) is 0 Å². The summed E-state index contributed by atoms with van der Waals surface area (Å²) in [6.45, 7) is 3.84. The minimum atomic E-state index is 0.399. The summed E-state index contributed by atoms with van der Waals surface area (Å²) < 4.78 is 5.38. The highest BCUT2D eigenvalue weighted by Crippen LogP contribution is 2.24. The predicted molar refractivity (Wildman–Crippen MR) is 45.7 cm³/mol. The molecule has 2 aromatic heterocycles. The van der Waals surface area contributed by atoms with E-state index in [1.165, 1.54) is 6.33 Å². The number of furan rings is 1. The van der Waals surface area contributed by atoms with Gasteiger partial charge in [-0.05, 0) is 13.8 Å². The molecule has 12 heavy (non-hydrogen) atoms. The lowest BCUT2D eigenvalue weighted by Crippen LogP contribution is -1.90. The summed E-state index contributed by atoms with van der Waals surface area (Å²) in [7, 11) is 0. The number of nitrogens with two attached hydrogens (primary N) is 1. The van der Waals surface area contributed by atoms with Gasteiger partial charge in [-0.1, -0.05) is 0 Å². The molecule has 0 atom stereocenters. The van der Waals surface area contributed by atoms with Crippen molar-refractivity contribution in [3.63, 3.8) is 0 Å². The van der Waals surface area contributed by atoms with E-state index in [-0.39, 0.29) is 0 Å². The molecule has 4 nitrogen and oxygen atoms in total. The Hall–Kier alpha value is -1.58. The Morgan fingerprint density at radius 2 is 2.08 bits per heavy atom. The van der Waals surface area contributed by atoms with Crippen molar-refractivity contribution in [3.05, 3.63) is 17.7 Å². The number of hydrogen-bond acceptors (Lipinski definition) is 4. The highest BCUT2D eigenvalue weighted by molar-refractivity contribution is 5.85. The lowest BCUT2D eigenvalue weighted by Gasteiger charge is -1.90. The van der Waals surface area contributed by atoms with Gasteiger partial charge in [-0.25, -0.2) is 9.97 Å². The van der Waals surface area contributed by atoms with E-state index >= 15 is 0 Å². The van der Waals surface area contributed by atoms with Crippen LogP contribution < -0.4 is 5.73 Å². The fourth-order valence-corrected chi connectivity index (χ4v) is 1.15. The fraction of sp³-hybridized carbons (Fsp3) is 0.250. The highest BCUT2D eigenvalue weighted by atomic mass is 16.3. The molecule has 2 aromatic rings. The normalized spacial score (nSPS) is 10.8. The van der Waals surface area contributed by atoms with Crippen molar-refractivity contribution >= 4 is 16.9 Å². The molecular weight excluding hydrogens is 154 g/mol. The van der Waals surface area contributed by atoms with E-state index in [1.807, 2.05) is 13.8 Å². The Morgan fingerprint density at radius 3 is 2.75 bits per heavy atom. The minimum Gasteiger partial charge on any atom is -0.455 e. The van der Waals surface area contributed by atoms with Gasteiger partial charge in [-0.2, -0.15) is 0 Å². The molecule has 0 fully saturated rings. The van der Waals surface area contributed by atoms with Crippen LogP contribution >= 0.6 is 0 Å². The van der Waals surface area contributed by atoms with Crippen LogP contribution in [0.3, 0.4) is 0 Å². The maximum Gasteiger partial charge on any atom is 0.194 e. The third kappa shape index (κ3) is 0.777. The molecule has 0 saturated heterocycles. The first kappa shape index (κ1) is 7.09. The number of nitrogen functional groups attached to an aromatic ring is 1. The van der Waals surface area contributed by atoms with Crippen molar-refractivity contribution in [1.29, 1.82) is 0 Å². The highest BCUT2D eigenvalue weighted by Gasteiger charge is 2.10. The van der Waals surface area contributed by atoms with Gasteiger partial charge in [-0.15, -0.1) is 0 Å². The first-order chi connectivity index (χ1) is 5.70. The Morgan fingerprint density at radius 1 is 1.33 bits per heavy atom. The van der Waals surface area contributed by atoms with Crippen LogP contribution in [0.4, 0.5) is 5.82 Å². The topological polar surface area (TPSA) is 64.9 Å². The molecule has 4 heteroatoms. The second-order valence-corrected chi connectivity index (χ2v) is 2.72. The van der Waals surface area contributed by atoms with Crippen LogP contribution in [0.2, 0.25) is 0 Å². The summed E-state index contributed by atoms with van der Waals surface area (Å²) in [6, 6.07) is 0. The standard InChI is InChI=1S/C8H9N3O/c1-4-5(2)12-7-6(4)10-3-11-8(7)9/h3H,1-2H3,(H2,9,10,11). The molecule has 0 bridgehead atoms. The number of fused-ring (bicyclic) bond motifs is 1. The molecule has 0 radical (unpaired) electrons. The van der Waals surface area contributed by atoms with E-state index in [4.69, 9.17) is 10.2 Å². The van der Waals surface area contributed by atoms with Gasteiger partial charge < -0.3 is 10.2 Å². The summed E-state index contributed by atoms with van der Waals surface area (Å²) in [5, 5.41) is 0. The fourth-order valence-electron chi connectivity index (χ4n) is 1.15. The quantitative estimate of drug-likeness (QED) is 0.637. The zero-order chi connectivity index (χ0) is 8.72. The first-order valence-corrected chi connectivity index (χ1v) is 3.66. The Kier molecular flexibility index (Phi) is 1.30. The van der Waals surface area contributed by atoms with E-state index in [0.717, 1.165) is 16.8 Å². The summed E-state index contributed by atoms with van der Waals surface area (Å²) in [4.78, 5) is 7.91. The van der Waals surface area contributed by atoms with Gasteiger partial charge >= 0.3 is 0 Å². The molecule has 2 heterocycles. The summed E-state index contributed by atoms with van der Waals surface area (Å²) in [6.07, 6.45) is 1.44. The zero-order valence-electron chi connectivity index (χ0n) is 6.96. The summed E-state index contributed by atoms with van der Waals surface area (Å²) >= 11 is 0. The van der Waals surface area contributed by atoms with Crippen LogP contribution in [-0.2, 0) is 0 Å². The monoisotopic (exact) mass is 163 g/mol.